The van der Waals surface area contributed by atoms with Crippen LogP contribution in [0, 0.1) is 34.0 Å². The standard InChI is InChI=1S/C20H32O4/c1-16(2)14-5-6-17-9-13(19(22,10-17)11-21)3-4-15(17)18(14)7-8-20(16,23)24-12-18/h13-15,21-23H,3-12H2,1-2H3/t13-,14-,15-,17+,18-,19+,20-/m0/s1. The van der Waals surface area contributed by atoms with E-state index in [0.717, 1.165) is 51.4 Å². The van der Waals surface area contributed by atoms with Gasteiger partial charge in [-0.2, -0.15) is 0 Å². The van der Waals surface area contributed by atoms with Gasteiger partial charge in [-0.05, 0) is 68.1 Å². The Kier molecular flexibility index (Phi) is 2.93. The molecule has 3 N–H and O–H groups in total. The Hall–Kier alpha value is -0.160. The van der Waals surface area contributed by atoms with Gasteiger partial charge in [-0.25, -0.2) is 0 Å². The van der Waals surface area contributed by atoms with Gasteiger partial charge in [0.05, 0.1) is 18.8 Å². The summed E-state index contributed by atoms with van der Waals surface area (Å²) in [6, 6.07) is 0. The third-order valence-corrected chi connectivity index (χ3v) is 9.59. The summed E-state index contributed by atoms with van der Waals surface area (Å²) in [5.74, 6) is 0.393. The lowest BCUT2D eigenvalue weighted by molar-refractivity contribution is -0.393. The number of aliphatic hydroxyl groups excluding tert-OH is 1. The van der Waals surface area contributed by atoms with E-state index in [1.807, 2.05) is 0 Å². The third kappa shape index (κ3) is 1.57. The van der Waals surface area contributed by atoms with Crippen LogP contribution in [0.1, 0.15) is 65.2 Å². The molecule has 4 saturated carbocycles. The highest BCUT2D eigenvalue weighted by atomic mass is 16.6. The van der Waals surface area contributed by atoms with Gasteiger partial charge in [-0.1, -0.05) is 13.8 Å². The summed E-state index contributed by atoms with van der Waals surface area (Å²) < 4.78 is 6.11. The third-order valence-electron chi connectivity index (χ3n) is 9.59. The molecule has 4 aliphatic carbocycles. The second-order valence-electron chi connectivity index (χ2n) is 10.5. The van der Waals surface area contributed by atoms with Gasteiger partial charge in [0, 0.05) is 17.3 Å². The molecule has 2 saturated heterocycles. The van der Waals surface area contributed by atoms with Crippen LogP contribution in [0.15, 0.2) is 0 Å². The van der Waals surface area contributed by atoms with E-state index < -0.39 is 11.4 Å². The number of hydrogen-bond donors (Lipinski definition) is 3. The van der Waals surface area contributed by atoms with Crippen LogP contribution < -0.4 is 0 Å². The number of rotatable bonds is 1. The van der Waals surface area contributed by atoms with Crippen LogP contribution >= 0.6 is 0 Å². The molecule has 0 amide bonds. The van der Waals surface area contributed by atoms with Gasteiger partial charge in [-0.15, -0.1) is 0 Å². The monoisotopic (exact) mass is 336 g/mol. The number of fused-ring (bicyclic) bond motifs is 3. The highest BCUT2D eigenvalue weighted by molar-refractivity contribution is 5.20. The van der Waals surface area contributed by atoms with Gasteiger partial charge in [0.2, 0.25) is 0 Å². The first-order chi connectivity index (χ1) is 11.2. The van der Waals surface area contributed by atoms with Crippen molar-refractivity contribution in [1.29, 1.82) is 0 Å². The summed E-state index contributed by atoms with van der Waals surface area (Å²) in [6.45, 7) is 5.00. The molecular weight excluding hydrogens is 304 g/mol. The van der Waals surface area contributed by atoms with Crippen LogP contribution in [-0.4, -0.2) is 39.9 Å². The fourth-order valence-corrected chi connectivity index (χ4v) is 8.44. The van der Waals surface area contributed by atoms with Crippen molar-refractivity contribution in [1.82, 2.24) is 0 Å². The van der Waals surface area contributed by atoms with Gasteiger partial charge in [0.1, 0.15) is 0 Å². The molecule has 136 valence electrons. The van der Waals surface area contributed by atoms with Crippen molar-refractivity contribution in [2.45, 2.75) is 76.6 Å². The Morgan fingerprint density at radius 1 is 1.00 bits per heavy atom. The SMILES string of the molecule is CC1(C)[C@@H]2CC[C@]34C[C@H](CC[C@@H]3[C@]23CC[C@]1(O)OC3)[C@](O)(CO)C4. The van der Waals surface area contributed by atoms with Crippen LogP contribution in [0.4, 0.5) is 0 Å². The molecule has 2 aliphatic heterocycles. The van der Waals surface area contributed by atoms with Gasteiger partial charge >= 0.3 is 0 Å². The van der Waals surface area contributed by atoms with Gasteiger partial charge in [0.15, 0.2) is 5.79 Å². The number of ether oxygens (including phenoxy) is 1. The van der Waals surface area contributed by atoms with Crippen LogP contribution in [0.5, 0.6) is 0 Å². The minimum absolute atomic E-state index is 0.0929. The van der Waals surface area contributed by atoms with Crippen molar-refractivity contribution in [3.05, 3.63) is 0 Å². The van der Waals surface area contributed by atoms with Crippen molar-refractivity contribution in [3.63, 3.8) is 0 Å². The Labute approximate surface area is 144 Å². The summed E-state index contributed by atoms with van der Waals surface area (Å²) in [7, 11) is 0. The molecule has 0 aromatic heterocycles. The lowest BCUT2D eigenvalue weighted by Gasteiger charge is -2.71. The molecule has 7 atom stereocenters. The van der Waals surface area contributed by atoms with Crippen molar-refractivity contribution in [3.8, 4) is 0 Å². The largest absolute Gasteiger partial charge is 0.393 e. The van der Waals surface area contributed by atoms with Crippen LogP contribution in [-0.2, 0) is 4.74 Å². The average molecular weight is 336 g/mol. The Morgan fingerprint density at radius 3 is 2.46 bits per heavy atom. The summed E-state index contributed by atoms with van der Waals surface area (Å²) in [4.78, 5) is 0. The van der Waals surface area contributed by atoms with E-state index >= 15 is 0 Å². The average Bonchev–Trinajstić information content (AvgIpc) is 2.76. The molecule has 0 radical (unpaired) electrons. The molecule has 0 unspecified atom stereocenters. The first-order valence-electron chi connectivity index (χ1n) is 9.91. The number of aliphatic hydroxyl groups is 3. The van der Waals surface area contributed by atoms with E-state index in [0.29, 0.717) is 18.4 Å². The highest BCUT2D eigenvalue weighted by Gasteiger charge is 2.73. The maximum atomic E-state index is 11.0. The van der Waals surface area contributed by atoms with E-state index in [-0.39, 0.29) is 28.8 Å². The molecule has 0 aromatic rings. The fourth-order valence-electron chi connectivity index (χ4n) is 8.44. The molecule has 4 heteroatoms. The quantitative estimate of drug-likeness (QED) is 0.688. The smallest absolute Gasteiger partial charge is 0.170 e. The predicted octanol–water partition coefficient (Wildman–Crippen LogP) is 2.45. The number of hydrogen-bond acceptors (Lipinski definition) is 4. The van der Waals surface area contributed by atoms with Crippen molar-refractivity contribution in [2.24, 2.45) is 34.0 Å². The first-order valence-corrected chi connectivity index (χ1v) is 9.91. The van der Waals surface area contributed by atoms with Crippen molar-refractivity contribution < 1.29 is 20.1 Å². The lowest BCUT2D eigenvalue weighted by atomic mass is 9.38. The Morgan fingerprint density at radius 2 is 1.79 bits per heavy atom. The van der Waals surface area contributed by atoms with Gasteiger partial charge in [-0.3, -0.25) is 0 Å². The highest BCUT2D eigenvalue weighted by Crippen LogP contribution is 2.75. The molecule has 0 aromatic carbocycles. The van der Waals surface area contributed by atoms with E-state index in [1.165, 1.54) is 0 Å². The molecule has 6 aliphatic rings. The lowest BCUT2D eigenvalue weighted by Crippen LogP contribution is -2.71. The molecule has 4 nitrogen and oxygen atoms in total. The summed E-state index contributed by atoms with van der Waals surface area (Å²) in [5.41, 5.74) is -0.715. The van der Waals surface area contributed by atoms with E-state index in [1.54, 1.807) is 0 Å². The second kappa shape index (κ2) is 4.39. The van der Waals surface area contributed by atoms with Crippen LogP contribution in [0.2, 0.25) is 0 Å². The summed E-state index contributed by atoms with van der Waals surface area (Å²) in [6.07, 6.45) is 8.11. The zero-order valence-corrected chi connectivity index (χ0v) is 15.1. The molecule has 2 heterocycles. The Balaban J connectivity index is 1.58. The minimum atomic E-state index is -0.956. The topological polar surface area (TPSA) is 69.9 Å². The fraction of sp³-hybridized carbons (Fsp3) is 1.00. The molecule has 6 fully saturated rings. The Bertz CT molecular complexity index is 564. The van der Waals surface area contributed by atoms with E-state index in [9.17, 15) is 15.3 Å². The van der Waals surface area contributed by atoms with E-state index in [4.69, 9.17) is 4.74 Å². The van der Waals surface area contributed by atoms with Crippen LogP contribution in [0.25, 0.3) is 0 Å². The maximum absolute atomic E-state index is 11.0. The first kappa shape index (κ1) is 16.0. The summed E-state index contributed by atoms with van der Waals surface area (Å²) >= 11 is 0. The molecule has 6 rings (SSSR count). The summed E-state index contributed by atoms with van der Waals surface area (Å²) in [5, 5.41) is 31.9. The zero-order valence-electron chi connectivity index (χ0n) is 15.1. The minimum Gasteiger partial charge on any atom is -0.393 e. The van der Waals surface area contributed by atoms with Gasteiger partial charge < -0.3 is 20.1 Å². The second-order valence-corrected chi connectivity index (χ2v) is 10.5. The normalized spacial score (nSPS) is 60.6. The van der Waals surface area contributed by atoms with Crippen LogP contribution in [0.3, 0.4) is 0 Å². The zero-order chi connectivity index (χ0) is 17.0. The molecule has 24 heavy (non-hydrogen) atoms. The molecule has 4 bridgehead atoms. The van der Waals surface area contributed by atoms with Crippen molar-refractivity contribution >= 4 is 0 Å². The predicted molar refractivity (Wildman–Crippen MR) is 89.0 cm³/mol. The molecular formula is C20H32O4. The van der Waals surface area contributed by atoms with Crippen molar-refractivity contribution in [2.75, 3.05) is 13.2 Å². The van der Waals surface area contributed by atoms with E-state index in [2.05, 4.69) is 13.8 Å². The molecule has 2 spiro atoms. The van der Waals surface area contributed by atoms with Gasteiger partial charge in [0.25, 0.3) is 0 Å². The maximum Gasteiger partial charge on any atom is 0.170 e.